The molecule has 0 aliphatic carbocycles. The molecule has 2 atom stereocenters. The minimum Gasteiger partial charge on any atom is -0.394 e. The van der Waals surface area contributed by atoms with Crippen LogP contribution < -0.4 is 5.32 Å². The molecule has 5 nitrogen and oxygen atoms in total. The molecule has 0 saturated carbocycles. The molecule has 15 heavy (non-hydrogen) atoms. The number of nitrogens with zero attached hydrogens (tertiary/aromatic N) is 1. The van der Waals surface area contributed by atoms with Gasteiger partial charge in [-0.15, -0.1) is 0 Å². The van der Waals surface area contributed by atoms with E-state index in [1.165, 1.54) is 6.92 Å². The Balaban J connectivity index is 2.55. The highest BCUT2D eigenvalue weighted by molar-refractivity contribution is 5.86. The maximum atomic E-state index is 11.9. The van der Waals surface area contributed by atoms with Crippen molar-refractivity contribution >= 4 is 11.8 Å². The summed E-state index contributed by atoms with van der Waals surface area (Å²) in [5.41, 5.74) is 0. The van der Waals surface area contributed by atoms with E-state index < -0.39 is 6.04 Å². The third-order valence-corrected chi connectivity index (χ3v) is 2.66. The molecule has 0 spiro atoms. The molecular formula is C10H18N2O3. The molecule has 0 bridgehead atoms. The largest absolute Gasteiger partial charge is 0.394 e. The van der Waals surface area contributed by atoms with E-state index in [1.807, 2.05) is 0 Å². The molecule has 0 aromatic heterocycles. The van der Waals surface area contributed by atoms with Crippen LogP contribution in [-0.2, 0) is 9.59 Å². The molecule has 1 saturated heterocycles. The lowest BCUT2D eigenvalue weighted by atomic mass is 10.2. The lowest BCUT2D eigenvalue weighted by Gasteiger charge is -2.26. The van der Waals surface area contributed by atoms with Gasteiger partial charge in [0.1, 0.15) is 6.04 Å². The van der Waals surface area contributed by atoms with Crippen molar-refractivity contribution in [2.45, 2.75) is 38.8 Å². The zero-order chi connectivity index (χ0) is 11.4. The van der Waals surface area contributed by atoms with E-state index in [0.29, 0.717) is 6.54 Å². The van der Waals surface area contributed by atoms with Gasteiger partial charge in [0.2, 0.25) is 11.8 Å². The lowest BCUT2D eigenvalue weighted by molar-refractivity contribution is -0.136. The Bertz CT molecular complexity index is 255. The van der Waals surface area contributed by atoms with E-state index in [0.717, 1.165) is 12.8 Å². The van der Waals surface area contributed by atoms with E-state index >= 15 is 0 Å². The zero-order valence-corrected chi connectivity index (χ0v) is 9.19. The first kappa shape index (κ1) is 12.0. The highest BCUT2D eigenvalue weighted by Crippen LogP contribution is 2.17. The number of carbonyl (C=O) groups excluding carboxylic acids is 2. The van der Waals surface area contributed by atoms with Crippen LogP contribution >= 0.6 is 0 Å². The Labute approximate surface area is 89.4 Å². The van der Waals surface area contributed by atoms with Crippen LogP contribution in [0.2, 0.25) is 0 Å². The van der Waals surface area contributed by atoms with Crippen LogP contribution in [0.15, 0.2) is 0 Å². The van der Waals surface area contributed by atoms with Crippen molar-refractivity contribution in [3.8, 4) is 0 Å². The number of likely N-dealkylation sites (tertiary alicyclic amines) is 1. The van der Waals surface area contributed by atoms with Gasteiger partial charge in [-0.2, -0.15) is 0 Å². The summed E-state index contributed by atoms with van der Waals surface area (Å²) in [6, 6.07) is -0.580. The Morgan fingerprint density at radius 3 is 2.80 bits per heavy atom. The maximum Gasteiger partial charge on any atom is 0.245 e. The van der Waals surface area contributed by atoms with E-state index in [-0.39, 0.29) is 24.5 Å². The standard InChI is InChI=1S/C10H18N2O3/c1-7(11-8(2)14)10(15)12-5-3-4-9(12)6-13/h7,9,13H,3-6H2,1-2H3,(H,11,14)/t7?,9-/m1/s1. The van der Waals surface area contributed by atoms with Crippen LogP contribution in [0.25, 0.3) is 0 Å². The van der Waals surface area contributed by atoms with Gasteiger partial charge in [-0.1, -0.05) is 0 Å². The summed E-state index contributed by atoms with van der Waals surface area (Å²) < 4.78 is 0. The average molecular weight is 214 g/mol. The summed E-state index contributed by atoms with van der Waals surface area (Å²) in [5.74, 6) is -0.322. The van der Waals surface area contributed by atoms with Gasteiger partial charge < -0.3 is 15.3 Å². The highest BCUT2D eigenvalue weighted by atomic mass is 16.3. The van der Waals surface area contributed by atoms with E-state index in [2.05, 4.69) is 5.32 Å². The molecule has 1 aliphatic heterocycles. The zero-order valence-electron chi connectivity index (χ0n) is 9.19. The minimum atomic E-state index is -0.505. The number of amides is 2. The highest BCUT2D eigenvalue weighted by Gasteiger charge is 2.30. The smallest absolute Gasteiger partial charge is 0.245 e. The SMILES string of the molecule is CC(=O)NC(C)C(=O)N1CCC[C@@H]1CO. The molecule has 5 heteroatoms. The average Bonchev–Trinajstić information content (AvgIpc) is 2.62. The molecule has 0 aromatic carbocycles. The van der Waals surface area contributed by atoms with Gasteiger partial charge in [0.25, 0.3) is 0 Å². The Morgan fingerprint density at radius 2 is 2.27 bits per heavy atom. The monoisotopic (exact) mass is 214 g/mol. The number of hydrogen-bond donors (Lipinski definition) is 2. The van der Waals surface area contributed by atoms with Crippen molar-refractivity contribution in [1.82, 2.24) is 10.2 Å². The van der Waals surface area contributed by atoms with Crippen molar-refractivity contribution < 1.29 is 14.7 Å². The summed E-state index contributed by atoms with van der Waals surface area (Å²) in [4.78, 5) is 24.3. The third-order valence-electron chi connectivity index (χ3n) is 2.66. The van der Waals surface area contributed by atoms with Crippen molar-refractivity contribution in [3.63, 3.8) is 0 Å². The number of nitrogens with one attached hydrogen (secondary N) is 1. The van der Waals surface area contributed by atoms with Gasteiger partial charge >= 0.3 is 0 Å². The molecule has 1 heterocycles. The molecule has 1 unspecified atom stereocenters. The predicted octanol–water partition coefficient (Wildman–Crippen LogP) is -0.506. The first-order valence-corrected chi connectivity index (χ1v) is 5.24. The predicted molar refractivity (Wildman–Crippen MR) is 55.1 cm³/mol. The molecule has 1 fully saturated rings. The number of rotatable bonds is 3. The quantitative estimate of drug-likeness (QED) is 0.665. The van der Waals surface area contributed by atoms with Gasteiger partial charge in [-0.05, 0) is 19.8 Å². The molecule has 1 aliphatic rings. The van der Waals surface area contributed by atoms with Crippen molar-refractivity contribution in [1.29, 1.82) is 0 Å². The molecular weight excluding hydrogens is 196 g/mol. The maximum absolute atomic E-state index is 11.9. The number of carbonyl (C=O) groups is 2. The summed E-state index contributed by atoms with van der Waals surface area (Å²) >= 11 is 0. The van der Waals surface area contributed by atoms with Crippen molar-refractivity contribution in [2.24, 2.45) is 0 Å². The second-order valence-corrected chi connectivity index (χ2v) is 3.93. The molecule has 0 aromatic rings. The summed E-state index contributed by atoms with van der Waals surface area (Å²) in [5, 5.41) is 11.6. The fourth-order valence-electron chi connectivity index (χ4n) is 1.93. The fraction of sp³-hybridized carbons (Fsp3) is 0.800. The van der Waals surface area contributed by atoms with Crippen LogP contribution in [0.4, 0.5) is 0 Å². The van der Waals surface area contributed by atoms with E-state index in [1.54, 1.807) is 11.8 Å². The first-order chi connectivity index (χ1) is 7.06. The summed E-state index contributed by atoms with van der Waals surface area (Å²) in [6.45, 7) is 3.72. The van der Waals surface area contributed by atoms with Gasteiger partial charge in [0.15, 0.2) is 0 Å². The van der Waals surface area contributed by atoms with Crippen molar-refractivity contribution in [2.75, 3.05) is 13.2 Å². The summed E-state index contributed by atoms with van der Waals surface area (Å²) in [6.07, 6.45) is 1.76. The van der Waals surface area contributed by atoms with Crippen LogP contribution in [0, 0.1) is 0 Å². The fourth-order valence-corrected chi connectivity index (χ4v) is 1.93. The molecule has 2 N–H and O–H groups in total. The second-order valence-electron chi connectivity index (χ2n) is 3.93. The lowest BCUT2D eigenvalue weighted by Crippen LogP contribution is -2.48. The van der Waals surface area contributed by atoms with Gasteiger partial charge in [-0.25, -0.2) is 0 Å². The molecule has 2 amide bonds. The number of aliphatic hydroxyl groups is 1. The Kier molecular flexibility index (Phi) is 4.08. The molecule has 86 valence electrons. The van der Waals surface area contributed by atoms with Gasteiger partial charge in [0, 0.05) is 13.5 Å². The normalized spacial score (nSPS) is 22.6. The summed E-state index contributed by atoms with van der Waals surface area (Å²) in [7, 11) is 0. The van der Waals surface area contributed by atoms with Crippen LogP contribution in [-0.4, -0.2) is 47.1 Å². The van der Waals surface area contributed by atoms with Gasteiger partial charge in [-0.3, -0.25) is 9.59 Å². The topological polar surface area (TPSA) is 69.6 Å². The van der Waals surface area contributed by atoms with E-state index in [9.17, 15) is 9.59 Å². The minimum absolute atomic E-state index is 0.00146. The number of aliphatic hydroxyl groups excluding tert-OH is 1. The van der Waals surface area contributed by atoms with E-state index in [4.69, 9.17) is 5.11 Å². The van der Waals surface area contributed by atoms with Crippen LogP contribution in [0.1, 0.15) is 26.7 Å². The van der Waals surface area contributed by atoms with Crippen LogP contribution in [0.3, 0.4) is 0 Å². The Morgan fingerprint density at radius 1 is 1.60 bits per heavy atom. The van der Waals surface area contributed by atoms with Gasteiger partial charge in [0.05, 0.1) is 12.6 Å². The number of hydrogen-bond acceptors (Lipinski definition) is 3. The Hall–Kier alpha value is -1.10. The first-order valence-electron chi connectivity index (χ1n) is 5.24. The molecule has 1 rings (SSSR count). The second kappa shape index (κ2) is 5.11. The molecule has 0 radical (unpaired) electrons. The van der Waals surface area contributed by atoms with Crippen molar-refractivity contribution in [3.05, 3.63) is 0 Å². The third kappa shape index (κ3) is 2.92. The van der Waals surface area contributed by atoms with Crippen LogP contribution in [0.5, 0.6) is 0 Å².